The summed E-state index contributed by atoms with van der Waals surface area (Å²) in [6.07, 6.45) is 0. The minimum atomic E-state index is 0.137. The van der Waals surface area contributed by atoms with Crippen LogP contribution in [0.4, 0.5) is 11.5 Å². The van der Waals surface area contributed by atoms with Gasteiger partial charge in [0.2, 0.25) is 0 Å². The van der Waals surface area contributed by atoms with Crippen molar-refractivity contribution in [1.82, 2.24) is 15.1 Å². The van der Waals surface area contributed by atoms with Gasteiger partial charge in [-0.3, -0.25) is 16.3 Å². The van der Waals surface area contributed by atoms with E-state index in [9.17, 15) is 0 Å². The number of aromatic nitrogens is 2. The van der Waals surface area contributed by atoms with Crippen molar-refractivity contribution in [3.05, 3.63) is 28.7 Å². The molecule has 1 aromatic heterocycles. The van der Waals surface area contributed by atoms with E-state index in [4.69, 9.17) is 17.0 Å². The highest BCUT2D eigenvalue weighted by Crippen LogP contribution is 2.23. The van der Waals surface area contributed by atoms with Gasteiger partial charge in [-0.2, -0.15) is 0 Å². The Kier molecular flexibility index (Phi) is 2.53. The Hall–Kier alpha value is -1.92. The molecular weight excluding hydrogens is 252 g/mol. The minimum Gasteiger partial charge on any atom is -0.295 e. The standard InChI is InChI=1S/C11H11ClN6/c1-2-18-16-9-10(13)14-8-5-6(12)3-4-7(8)15-11(9)17-18/h3-5,13,16-17H,2H2,1H3. The number of halogens is 1. The Labute approximate surface area is 108 Å². The molecule has 2 aromatic rings. The van der Waals surface area contributed by atoms with Crippen LogP contribution in [0.5, 0.6) is 0 Å². The third-order valence-corrected chi connectivity index (χ3v) is 2.91. The van der Waals surface area contributed by atoms with Gasteiger partial charge in [0.05, 0.1) is 11.0 Å². The van der Waals surface area contributed by atoms with Crippen LogP contribution in [0.15, 0.2) is 18.2 Å². The molecule has 0 aliphatic carbocycles. The molecule has 6 nitrogen and oxygen atoms in total. The molecule has 92 valence electrons. The highest BCUT2D eigenvalue weighted by molar-refractivity contribution is 6.31. The fourth-order valence-electron chi connectivity index (χ4n) is 1.78. The molecule has 7 heteroatoms. The average Bonchev–Trinajstić information content (AvgIpc) is 2.71. The van der Waals surface area contributed by atoms with Crippen molar-refractivity contribution in [3.63, 3.8) is 0 Å². The van der Waals surface area contributed by atoms with Crippen LogP contribution in [0.2, 0.25) is 5.02 Å². The van der Waals surface area contributed by atoms with E-state index in [0.717, 1.165) is 6.54 Å². The minimum absolute atomic E-state index is 0.137. The van der Waals surface area contributed by atoms with Crippen LogP contribution in [0.25, 0.3) is 11.0 Å². The van der Waals surface area contributed by atoms with Crippen LogP contribution >= 0.6 is 11.6 Å². The lowest BCUT2D eigenvalue weighted by atomic mass is 10.3. The van der Waals surface area contributed by atoms with Gasteiger partial charge in [0.25, 0.3) is 0 Å². The van der Waals surface area contributed by atoms with Crippen molar-refractivity contribution < 1.29 is 0 Å². The first-order chi connectivity index (χ1) is 8.67. The lowest BCUT2D eigenvalue weighted by Crippen LogP contribution is -2.30. The van der Waals surface area contributed by atoms with Gasteiger partial charge in [0, 0.05) is 11.6 Å². The number of benzene rings is 1. The summed E-state index contributed by atoms with van der Waals surface area (Å²) < 4.78 is 0. The van der Waals surface area contributed by atoms with E-state index in [1.54, 1.807) is 23.3 Å². The molecule has 0 bridgehead atoms. The summed E-state index contributed by atoms with van der Waals surface area (Å²) in [5.74, 6) is 0.603. The maximum Gasteiger partial charge on any atom is 0.174 e. The van der Waals surface area contributed by atoms with E-state index in [1.165, 1.54) is 0 Å². The van der Waals surface area contributed by atoms with Gasteiger partial charge in [-0.1, -0.05) is 11.6 Å². The van der Waals surface area contributed by atoms with Crippen molar-refractivity contribution in [2.75, 3.05) is 17.4 Å². The number of fused-ring (bicyclic) bond motifs is 2. The van der Waals surface area contributed by atoms with E-state index in [0.29, 0.717) is 27.6 Å². The molecule has 3 rings (SSSR count). The largest absolute Gasteiger partial charge is 0.295 e. The highest BCUT2D eigenvalue weighted by Gasteiger charge is 2.19. The van der Waals surface area contributed by atoms with Gasteiger partial charge in [0.15, 0.2) is 11.3 Å². The van der Waals surface area contributed by atoms with Gasteiger partial charge >= 0.3 is 0 Å². The molecule has 0 radical (unpaired) electrons. The molecule has 0 atom stereocenters. The van der Waals surface area contributed by atoms with E-state index in [1.807, 2.05) is 6.92 Å². The van der Waals surface area contributed by atoms with Crippen molar-refractivity contribution in [2.45, 2.75) is 6.92 Å². The highest BCUT2D eigenvalue weighted by atomic mass is 35.5. The molecule has 0 saturated heterocycles. The predicted molar refractivity (Wildman–Crippen MR) is 70.0 cm³/mol. The molecule has 1 aromatic carbocycles. The number of hydrazine groups is 2. The average molecular weight is 263 g/mol. The van der Waals surface area contributed by atoms with Crippen LogP contribution in [0.3, 0.4) is 0 Å². The second-order valence-electron chi connectivity index (χ2n) is 3.90. The fraction of sp³-hybridized carbons (Fsp3) is 0.182. The number of hydrogen-bond acceptors (Lipinski definition) is 6. The normalized spacial score (nSPS) is 14.1. The lowest BCUT2D eigenvalue weighted by molar-refractivity contribution is 0.434. The van der Waals surface area contributed by atoms with Crippen LogP contribution in [-0.4, -0.2) is 21.6 Å². The third-order valence-electron chi connectivity index (χ3n) is 2.68. The van der Waals surface area contributed by atoms with Crippen LogP contribution in [-0.2, 0) is 0 Å². The number of nitrogens with zero attached hydrogens (tertiary/aromatic N) is 3. The van der Waals surface area contributed by atoms with E-state index in [2.05, 4.69) is 20.8 Å². The Balaban J connectivity index is 2.28. The van der Waals surface area contributed by atoms with Crippen LogP contribution in [0.1, 0.15) is 6.92 Å². The quantitative estimate of drug-likeness (QED) is 0.730. The summed E-state index contributed by atoms with van der Waals surface area (Å²) in [6, 6.07) is 5.25. The molecule has 18 heavy (non-hydrogen) atoms. The number of rotatable bonds is 1. The Bertz CT molecular complexity index is 686. The second-order valence-corrected chi connectivity index (χ2v) is 4.33. The van der Waals surface area contributed by atoms with Crippen molar-refractivity contribution >= 4 is 34.1 Å². The van der Waals surface area contributed by atoms with Gasteiger partial charge in [0.1, 0.15) is 5.69 Å². The lowest BCUT2D eigenvalue weighted by Gasteiger charge is -2.12. The molecular formula is C11H11ClN6. The van der Waals surface area contributed by atoms with Gasteiger partial charge in [-0.15, -0.1) is 5.12 Å². The maximum atomic E-state index is 7.97. The summed E-state index contributed by atoms with van der Waals surface area (Å²) in [5, 5.41) is 10.3. The molecule has 0 spiro atoms. The summed E-state index contributed by atoms with van der Waals surface area (Å²) in [7, 11) is 0. The Morgan fingerprint density at radius 1 is 1.28 bits per heavy atom. The molecule has 0 unspecified atom stereocenters. The predicted octanol–water partition coefficient (Wildman–Crippen LogP) is 1.75. The first kappa shape index (κ1) is 11.2. The summed E-state index contributed by atoms with van der Waals surface area (Å²) in [4.78, 5) is 8.69. The van der Waals surface area contributed by atoms with E-state index < -0.39 is 0 Å². The molecule has 3 N–H and O–H groups in total. The van der Waals surface area contributed by atoms with Crippen molar-refractivity contribution in [1.29, 1.82) is 5.41 Å². The molecule has 1 aliphatic rings. The monoisotopic (exact) mass is 262 g/mol. The second kappa shape index (κ2) is 4.08. The van der Waals surface area contributed by atoms with Gasteiger partial charge < -0.3 is 0 Å². The topological polar surface area (TPSA) is 76.9 Å². The van der Waals surface area contributed by atoms with Gasteiger partial charge in [-0.25, -0.2) is 9.97 Å². The summed E-state index contributed by atoms with van der Waals surface area (Å²) in [6.45, 7) is 2.73. The first-order valence-electron chi connectivity index (χ1n) is 5.54. The molecule has 2 heterocycles. The first-order valence-corrected chi connectivity index (χ1v) is 5.92. The number of anilines is 2. The van der Waals surface area contributed by atoms with Crippen LogP contribution in [0, 0.1) is 5.41 Å². The summed E-state index contributed by atoms with van der Waals surface area (Å²) in [5.41, 5.74) is 8.12. The van der Waals surface area contributed by atoms with E-state index in [-0.39, 0.29) is 5.49 Å². The van der Waals surface area contributed by atoms with E-state index >= 15 is 0 Å². The molecule has 0 fully saturated rings. The van der Waals surface area contributed by atoms with Gasteiger partial charge in [-0.05, 0) is 25.1 Å². The van der Waals surface area contributed by atoms with Crippen LogP contribution < -0.4 is 16.3 Å². The summed E-state index contributed by atoms with van der Waals surface area (Å²) >= 11 is 5.92. The van der Waals surface area contributed by atoms with Crippen molar-refractivity contribution in [2.24, 2.45) is 0 Å². The SMILES string of the molecule is CCN1Nc2nc3ccc(Cl)cc3nc(=N)c2N1. The Morgan fingerprint density at radius 2 is 2.11 bits per heavy atom. The number of hydrogen-bond donors (Lipinski definition) is 3. The number of nitrogens with one attached hydrogen (secondary N) is 3. The van der Waals surface area contributed by atoms with Crippen molar-refractivity contribution in [3.8, 4) is 0 Å². The third kappa shape index (κ3) is 1.75. The molecule has 0 saturated carbocycles. The molecule has 0 amide bonds. The zero-order valence-electron chi connectivity index (χ0n) is 9.66. The zero-order chi connectivity index (χ0) is 12.7. The molecule has 1 aliphatic heterocycles. The maximum absolute atomic E-state index is 7.97. The fourth-order valence-corrected chi connectivity index (χ4v) is 1.95. The smallest absolute Gasteiger partial charge is 0.174 e. The Morgan fingerprint density at radius 3 is 2.89 bits per heavy atom. The zero-order valence-corrected chi connectivity index (χ0v) is 10.4.